The second kappa shape index (κ2) is 13.0. The SMILES string of the molecule is CCCCCCC(NC(=O)NC(=O)c1ccccc1)c1ccc(C=CC(=O)NO)cc1. The fourth-order valence-corrected chi connectivity index (χ4v) is 3.11. The minimum Gasteiger partial charge on any atom is -0.331 e. The van der Waals surface area contributed by atoms with E-state index in [4.69, 9.17) is 5.21 Å². The summed E-state index contributed by atoms with van der Waals surface area (Å²) in [5.41, 5.74) is 3.64. The number of nitrogens with one attached hydrogen (secondary N) is 3. The van der Waals surface area contributed by atoms with Gasteiger partial charge in [0.05, 0.1) is 6.04 Å². The van der Waals surface area contributed by atoms with Crippen LogP contribution in [-0.4, -0.2) is 23.1 Å². The minimum absolute atomic E-state index is 0.251. The van der Waals surface area contributed by atoms with Crippen molar-refractivity contribution in [1.82, 2.24) is 16.1 Å². The van der Waals surface area contributed by atoms with Gasteiger partial charge in [0.1, 0.15) is 0 Å². The van der Waals surface area contributed by atoms with Gasteiger partial charge in [-0.1, -0.05) is 75.1 Å². The molecular weight excluding hydrogens is 394 g/mol. The third kappa shape index (κ3) is 8.44. The molecule has 0 spiro atoms. The Morgan fingerprint density at radius 1 is 0.968 bits per heavy atom. The molecule has 0 aliphatic rings. The molecular formula is C24H29N3O4. The van der Waals surface area contributed by atoms with E-state index in [-0.39, 0.29) is 6.04 Å². The summed E-state index contributed by atoms with van der Waals surface area (Å²) in [5.74, 6) is -1.07. The Morgan fingerprint density at radius 3 is 2.32 bits per heavy atom. The molecule has 0 fully saturated rings. The molecule has 0 saturated heterocycles. The van der Waals surface area contributed by atoms with E-state index in [1.807, 2.05) is 24.3 Å². The van der Waals surface area contributed by atoms with E-state index in [1.165, 1.54) is 11.6 Å². The van der Waals surface area contributed by atoms with Crippen molar-refractivity contribution in [3.63, 3.8) is 0 Å². The van der Waals surface area contributed by atoms with Gasteiger partial charge in [-0.25, -0.2) is 10.3 Å². The highest BCUT2D eigenvalue weighted by molar-refractivity contribution is 6.04. The maximum absolute atomic E-state index is 12.5. The number of unbranched alkanes of at least 4 members (excludes halogenated alkanes) is 3. The number of carbonyl (C=O) groups excluding carboxylic acids is 3. The molecule has 7 nitrogen and oxygen atoms in total. The predicted molar refractivity (Wildman–Crippen MR) is 119 cm³/mol. The Kier molecular flexibility index (Phi) is 9.97. The van der Waals surface area contributed by atoms with E-state index in [0.717, 1.165) is 43.2 Å². The summed E-state index contributed by atoms with van der Waals surface area (Å²) in [6, 6.07) is 15.2. The molecule has 4 N–H and O–H groups in total. The fourth-order valence-electron chi connectivity index (χ4n) is 3.11. The van der Waals surface area contributed by atoms with Crippen LogP contribution < -0.4 is 16.1 Å². The van der Waals surface area contributed by atoms with Gasteiger partial charge in [0.25, 0.3) is 11.8 Å². The van der Waals surface area contributed by atoms with E-state index in [2.05, 4.69) is 17.6 Å². The monoisotopic (exact) mass is 423 g/mol. The summed E-state index contributed by atoms with van der Waals surface area (Å²) in [6.45, 7) is 2.14. The van der Waals surface area contributed by atoms with E-state index in [9.17, 15) is 14.4 Å². The standard InChI is InChI=1S/C24H29N3O4/c1-2-3-4-8-11-21(19-15-12-18(13-16-19)14-17-22(28)27-31)25-24(30)26-23(29)20-9-6-5-7-10-20/h5-7,9-10,12-17,21,31H,2-4,8,11H2,1H3,(H,27,28)(H2,25,26,29,30). The molecule has 0 aliphatic heterocycles. The molecule has 7 heteroatoms. The number of amides is 4. The largest absolute Gasteiger partial charge is 0.331 e. The summed E-state index contributed by atoms with van der Waals surface area (Å²) < 4.78 is 0. The molecule has 164 valence electrons. The van der Waals surface area contributed by atoms with Crippen LogP contribution in [0.15, 0.2) is 60.7 Å². The van der Waals surface area contributed by atoms with Crippen molar-refractivity contribution in [3.8, 4) is 0 Å². The molecule has 0 radical (unpaired) electrons. The maximum Gasteiger partial charge on any atom is 0.322 e. The molecule has 0 aliphatic carbocycles. The summed E-state index contributed by atoms with van der Waals surface area (Å²) in [4.78, 5) is 35.8. The Hall–Kier alpha value is -3.45. The first-order valence-corrected chi connectivity index (χ1v) is 10.4. The van der Waals surface area contributed by atoms with Crippen LogP contribution in [0, 0.1) is 0 Å². The molecule has 31 heavy (non-hydrogen) atoms. The first kappa shape index (κ1) is 23.8. The highest BCUT2D eigenvalue weighted by Crippen LogP contribution is 2.21. The Morgan fingerprint density at radius 2 is 1.68 bits per heavy atom. The molecule has 0 bridgehead atoms. The van der Waals surface area contributed by atoms with Crippen LogP contribution in [0.2, 0.25) is 0 Å². The third-order valence-electron chi connectivity index (χ3n) is 4.79. The van der Waals surface area contributed by atoms with Gasteiger partial charge < -0.3 is 5.32 Å². The maximum atomic E-state index is 12.5. The van der Waals surface area contributed by atoms with Gasteiger partial charge in [-0.15, -0.1) is 0 Å². The number of urea groups is 1. The van der Waals surface area contributed by atoms with Crippen molar-refractivity contribution in [3.05, 3.63) is 77.4 Å². The smallest absolute Gasteiger partial charge is 0.322 e. The second-order valence-electron chi connectivity index (χ2n) is 7.17. The molecule has 1 atom stereocenters. The zero-order valence-corrected chi connectivity index (χ0v) is 17.6. The van der Waals surface area contributed by atoms with E-state index < -0.39 is 17.8 Å². The number of rotatable bonds is 10. The lowest BCUT2D eigenvalue weighted by molar-refractivity contribution is -0.124. The first-order chi connectivity index (χ1) is 15.0. The van der Waals surface area contributed by atoms with Gasteiger partial charge >= 0.3 is 6.03 Å². The van der Waals surface area contributed by atoms with Gasteiger partial charge in [0.15, 0.2) is 0 Å². The van der Waals surface area contributed by atoms with Crippen LogP contribution >= 0.6 is 0 Å². The van der Waals surface area contributed by atoms with E-state index in [0.29, 0.717) is 5.56 Å². The number of hydrogen-bond donors (Lipinski definition) is 4. The van der Waals surface area contributed by atoms with Gasteiger partial charge in [-0.3, -0.25) is 20.1 Å². The average Bonchev–Trinajstić information content (AvgIpc) is 2.80. The van der Waals surface area contributed by atoms with Crippen LogP contribution in [0.25, 0.3) is 6.08 Å². The zero-order chi connectivity index (χ0) is 22.5. The summed E-state index contributed by atoms with van der Waals surface area (Å²) in [7, 11) is 0. The van der Waals surface area contributed by atoms with Crippen molar-refractivity contribution < 1.29 is 19.6 Å². The Labute approximate surface area is 182 Å². The minimum atomic E-state index is -0.612. The quantitative estimate of drug-likeness (QED) is 0.197. The molecule has 2 aromatic rings. The second-order valence-corrected chi connectivity index (χ2v) is 7.17. The van der Waals surface area contributed by atoms with E-state index >= 15 is 0 Å². The lowest BCUT2D eigenvalue weighted by atomic mass is 9.99. The molecule has 2 rings (SSSR count). The lowest BCUT2D eigenvalue weighted by Gasteiger charge is -2.20. The molecule has 2 aromatic carbocycles. The summed E-state index contributed by atoms with van der Waals surface area (Å²) in [5, 5.41) is 13.8. The lowest BCUT2D eigenvalue weighted by Crippen LogP contribution is -2.41. The van der Waals surface area contributed by atoms with Crippen molar-refractivity contribution in [2.45, 2.75) is 45.1 Å². The summed E-state index contributed by atoms with van der Waals surface area (Å²) in [6.07, 6.45) is 7.80. The number of hydrogen-bond acceptors (Lipinski definition) is 4. The number of benzene rings is 2. The number of carbonyl (C=O) groups is 3. The molecule has 0 heterocycles. The first-order valence-electron chi connectivity index (χ1n) is 10.4. The van der Waals surface area contributed by atoms with Crippen molar-refractivity contribution in [1.29, 1.82) is 0 Å². The van der Waals surface area contributed by atoms with Crippen LogP contribution in [0.4, 0.5) is 4.79 Å². The van der Waals surface area contributed by atoms with Crippen LogP contribution in [0.3, 0.4) is 0 Å². The molecule has 1 unspecified atom stereocenters. The van der Waals surface area contributed by atoms with Crippen LogP contribution in [-0.2, 0) is 4.79 Å². The van der Waals surface area contributed by atoms with Gasteiger partial charge in [-0.05, 0) is 35.8 Å². The predicted octanol–water partition coefficient (Wildman–Crippen LogP) is 4.36. The normalized spacial score (nSPS) is 11.7. The van der Waals surface area contributed by atoms with Crippen molar-refractivity contribution in [2.24, 2.45) is 0 Å². The van der Waals surface area contributed by atoms with E-state index in [1.54, 1.807) is 36.4 Å². The van der Waals surface area contributed by atoms with Crippen molar-refractivity contribution >= 4 is 23.9 Å². The van der Waals surface area contributed by atoms with Gasteiger partial charge in [0, 0.05) is 11.6 Å². The van der Waals surface area contributed by atoms with Gasteiger partial charge in [0.2, 0.25) is 0 Å². The van der Waals surface area contributed by atoms with Crippen molar-refractivity contribution in [2.75, 3.05) is 0 Å². The molecule has 4 amide bonds. The molecule has 0 aromatic heterocycles. The Bertz CT molecular complexity index is 879. The number of hydroxylamine groups is 1. The highest BCUT2D eigenvalue weighted by Gasteiger charge is 2.17. The van der Waals surface area contributed by atoms with Crippen LogP contribution in [0.5, 0.6) is 0 Å². The fraction of sp³-hybridized carbons (Fsp3) is 0.292. The third-order valence-corrected chi connectivity index (χ3v) is 4.79. The average molecular weight is 424 g/mol. The summed E-state index contributed by atoms with van der Waals surface area (Å²) >= 11 is 0. The topological polar surface area (TPSA) is 108 Å². The molecule has 0 saturated carbocycles. The van der Waals surface area contributed by atoms with Gasteiger partial charge in [-0.2, -0.15) is 0 Å². The highest BCUT2D eigenvalue weighted by atomic mass is 16.5. The zero-order valence-electron chi connectivity index (χ0n) is 17.6. The Balaban J connectivity index is 2.05. The van der Waals surface area contributed by atoms with Crippen LogP contribution in [0.1, 0.15) is 66.6 Å². The number of imide groups is 1.